The molecule has 0 atom stereocenters. The van der Waals surface area contributed by atoms with E-state index in [2.05, 4.69) is 20.3 Å². The molecule has 5 heteroatoms. The van der Waals surface area contributed by atoms with Crippen molar-refractivity contribution in [3.8, 4) is 0 Å². The summed E-state index contributed by atoms with van der Waals surface area (Å²) in [6.45, 7) is 4.40. The van der Waals surface area contributed by atoms with Crippen molar-refractivity contribution in [1.29, 1.82) is 0 Å². The standard InChI is InChI=1S/C11H12ClN3O/c1-7-3-4-9(5-10(7)12)13-6-11-8(2)14-16-15-11/h3-5,13H,6H2,1-2H3. The van der Waals surface area contributed by atoms with Gasteiger partial charge < -0.3 is 5.32 Å². The van der Waals surface area contributed by atoms with Crippen LogP contribution < -0.4 is 5.32 Å². The molecule has 4 nitrogen and oxygen atoms in total. The molecule has 1 aromatic carbocycles. The fraction of sp³-hybridized carbons (Fsp3) is 0.273. The lowest BCUT2D eigenvalue weighted by molar-refractivity contribution is 0.301. The SMILES string of the molecule is Cc1ccc(NCc2nonc2C)cc1Cl. The Bertz CT molecular complexity index is 496. The fourth-order valence-corrected chi connectivity index (χ4v) is 1.48. The molecule has 0 unspecified atom stereocenters. The second kappa shape index (κ2) is 4.53. The second-order valence-electron chi connectivity index (χ2n) is 3.61. The summed E-state index contributed by atoms with van der Waals surface area (Å²) in [5, 5.41) is 11.5. The van der Waals surface area contributed by atoms with Crippen LogP contribution in [0.4, 0.5) is 5.69 Å². The summed E-state index contributed by atoms with van der Waals surface area (Å²) in [7, 11) is 0. The number of halogens is 1. The lowest BCUT2D eigenvalue weighted by atomic mass is 10.2. The first-order valence-corrected chi connectivity index (χ1v) is 5.32. The monoisotopic (exact) mass is 237 g/mol. The Balaban J connectivity index is 2.05. The number of nitrogens with one attached hydrogen (secondary N) is 1. The zero-order valence-electron chi connectivity index (χ0n) is 9.12. The van der Waals surface area contributed by atoms with Gasteiger partial charge in [0, 0.05) is 10.7 Å². The van der Waals surface area contributed by atoms with Crippen molar-refractivity contribution >= 4 is 17.3 Å². The van der Waals surface area contributed by atoms with Crippen molar-refractivity contribution in [2.24, 2.45) is 0 Å². The average molecular weight is 238 g/mol. The quantitative estimate of drug-likeness (QED) is 0.892. The molecule has 2 rings (SSSR count). The molecule has 0 aliphatic rings. The third kappa shape index (κ3) is 2.33. The van der Waals surface area contributed by atoms with E-state index in [1.807, 2.05) is 32.0 Å². The zero-order valence-corrected chi connectivity index (χ0v) is 9.88. The van der Waals surface area contributed by atoms with E-state index in [-0.39, 0.29) is 0 Å². The molecule has 0 saturated heterocycles. The van der Waals surface area contributed by atoms with Crippen molar-refractivity contribution in [2.45, 2.75) is 20.4 Å². The highest BCUT2D eigenvalue weighted by atomic mass is 35.5. The van der Waals surface area contributed by atoms with Gasteiger partial charge in [0.25, 0.3) is 0 Å². The molecule has 0 fully saturated rings. The lowest BCUT2D eigenvalue weighted by Crippen LogP contribution is -2.01. The van der Waals surface area contributed by atoms with E-state index in [1.165, 1.54) is 0 Å². The van der Waals surface area contributed by atoms with Gasteiger partial charge in [-0.1, -0.05) is 28.0 Å². The maximum Gasteiger partial charge on any atom is 0.127 e. The van der Waals surface area contributed by atoms with Crippen LogP contribution in [0, 0.1) is 13.8 Å². The highest BCUT2D eigenvalue weighted by Gasteiger charge is 2.04. The number of benzene rings is 1. The van der Waals surface area contributed by atoms with Crippen LogP contribution in [-0.2, 0) is 6.54 Å². The summed E-state index contributed by atoms with van der Waals surface area (Å²) in [5.41, 5.74) is 3.62. The lowest BCUT2D eigenvalue weighted by Gasteiger charge is -2.06. The van der Waals surface area contributed by atoms with Gasteiger partial charge in [-0.2, -0.15) is 0 Å². The van der Waals surface area contributed by atoms with E-state index in [4.69, 9.17) is 11.6 Å². The van der Waals surface area contributed by atoms with Crippen LogP contribution in [0.3, 0.4) is 0 Å². The first-order valence-electron chi connectivity index (χ1n) is 4.95. The van der Waals surface area contributed by atoms with Gasteiger partial charge in [-0.25, -0.2) is 4.63 Å². The number of rotatable bonds is 3. The number of anilines is 1. The molecule has 84 valence electrons. The summed E-state index contributed by atoms with van der Waals surface area (Å²) >= 11 is 6.02. The van der Waals surface area contributed by atoms with E-state index in [1.54, 1.807) is 0 Å². The van der Waals surface area contributed by atoms with Crippen molar-refractivity contribution < 1.29 is 4.63 Å². The summed E-state index contributed by atoms with van der Waals surface area (Å²) in [5.74, 6) is 0. The maximum atomic E-state index is 6.02. The minimum absolute atomic E-state index is 0.578. The summed E-state index contributed by atoms with van der Waals surface area (Å²) in [6, 6.07) is 5.84. The summed E-state index contributed by atoms with van der Waals surface area (Å²) in [4.78, 5) is 0. The van der Waals surface area contributed by atoms with Crippen LogP contribution in [0.15, 0.2) is 22.8 Å². The highest BCUT2D eigenvalue weighted by molar-refractivity contribution is 6.31. The van der Waals surface area contributed by atoms with E-state index >= 15 is 0 Å². The van der Waals surface area contributed by atoms with Gasteiger partial charge >= 0.3 is 0 Å². The Hall–Kier alpha value is -1.55. The third-order valence-electron chi connectivity index (χ3n) is 2.38. The Kier molecular flexibility index (Phi) is 3.10. The maximum absolute atomic E-state index is 6.02. The van der Waals surface area contributed by atoms with Gasteiger partial charge in [0.05, 0.1) is 6.54 Å². The van der Waals surface area contributed by atoms with Crippen LogP contribution in [0.25, 0.3) is 0 Å². The largest absolute Gasteiger partial charge is 0.379 e. The number of hydrogen-bond donors (Lipinski definition) is 1. The normalized spacial score (nSPS) is 10.4. The molecule has 0 amide bonds. The Morgan fingerprint density at radius 3 is 2.75 bits per heavy atom. The van der Waals surface area contributed by atoms with Crippen LogP contribution in [-0.4, -0.2) is 10.3 Å². The molecule has 0 aliphatic carbocycles. The predicted molar refractivity (Wildman–Crippen MR) is 62.6 cm³/mol. The van der Waals surface area contributed by atoms with Gasteiger partial charge in [0.2, 0.25) is 0 Å². The van der Waals surface area contributed by atoms with Crippen LogP contribution in [0.1, 0.15) is 17.0 Å². The molecule has 1 aromatic heterocycles. The predicted octanol–water partition coefficient (Wildman–Crippen LogP) is 2.95. The van der Waals surface area contributed by atoms with E-state index in [0.29, 0.717) is 6.54 Å². The smallest absolute Gasteiger partial charge is 0.127 e. The molecule has 0 spiro atoms. The van der Waals surface area contributed by atoms with Crippen LogP contribution in [0.2, 0.25) is 5.02 Å². The van der Waals surface area contributed by atoms with Crippen molar-refractivity contribution in [2.75, 3.05) is 5.32 Å². The Labute approximate surface area is 98.6 Å². The summed E-state index contributed by atoms with van der Waals surface area (Å²) in [6.07, 6.45) is 0. The molecule has 0 radical (unpaired) electrons. The Morgan fingerprint density at radius 2 is 2.12 bits per heavy atom. The van der Waals surface area contributed by atoms with Gasteiger partial charge in [-0.15, -0.1) is 0 Å². The minimum atomic E-state index is 0.578. The molecular formula is C11H12ClN3O. The van der Waals surface area contributed by atoms with Crippen molar-refractivity contribution in [1.82, 2.24) is 10.3 Å². The molecular weight excluding hydrogens is 226 g/mol. The number of aryl methyl sites for hydroxylation is 2. The molecule has 16 heavy (non-hydrogen) atoms. The number of hydrogen-bond acceptors (Lipinski definition) is 4. The minimum Gasteiger partial charge on any atom is -0.379 e. The van der Waals surface area contributed by atoms with E-state index < -0.39 is 0 Å². The fourth-order valence-electron chi connectivity index (χ4n) is 1.30. The van der Waals surface area contributed by atoms with Gasteiger partial charge in [-0.05, 0) is 31.5 Å². The van der Waals surface area contributed by atoms with E-state index in [0.717, 1.165) is 27.7 Å². The van der Waals surface area contributed by atoms with Crippen LogP contribution in [0.5, 0.6) is 0 Å². The third-order valence-corrected chi connectivity index (χ3v) is 2.79. The second-order valence-corrected chi connectivity index (χ2v) is 4.02. The molecule has 1 heterocycles. The first-order chi connectivity index (χ1) is 7.66. The molecule has 0 aliphatic heterocycles. The highest BCUT2D eigenvalue weighted by Crippen LogP contribution is 2.20. The zero-order chi connectivity index (χ0) is 11.5. The Morgan fingerprint density at radius 1 is 1.31 bits per heavy atom. The van der Waals surface area contributed by atoms with E-state index in [9.17, 15) is 0 Å². The average Bonchev–Trinajstić information content (AvgIpc) is 2.66. The molecule has 2 aromatic rings. The molecule has 0 bridgehead atoms. The van der Waals surface area contributed by atoms with Crippen LogP contribution >= 0.6 is 11.6 Å². The molecule has 1 N–H and O–H groups in total. The summed E-state index contributed by atoms with van der Waals surface area (Å²) < 4.78 is 4.61. The topological polar surface area (TPSA) is 51.0 Å². The van der Waals surface area contributed by atoms with Gasteiger partial charge in [-0.3, -0.25) is 0 Å². The van der Waals surface area contributed by atoms with Gasteiger partial charge in [0.15, 0.2) is 0 Å². The van der Waals surface area contributed by atoms with Crippen molar-refractivity contribution in [3.05, 3.63) is 40.2 Å². The van der Waals surface area contributed by atoms with Crippen molar-refractivity contribution in [3.63, 3.8) is 0 Å². The first kappa shape index (κ1) is 11.0. The van der Waals surface area contributed by atoms with Gasteiger partial charge in [0.1, 0.15) is 11.4 Å². The number of nitrogens with zero attached hydrogens (tertiary/aromatic N) is 2. The molecule has 0 saturated carbocycles. The number of aromatic nitrogens is 2.